The topological polar surface area (TPSA) is 75.7 Å². The number of carbonyl (C=O) groups is 3. The molecule has 2 aromatic rings. The van der Waals surface area contributed by atoms with Gasteiger partial charge in [-0.3, -0.25) is 9.59 Å². The lowest BCUT2D eigenvalue weighted by atomic mass is 9.83. The number of amides is 2. The molecule has 1 unspecified atom stereocenters. The van der Waals surface area contributed by atoms with E-state index in [-0.39, 0.29) is 31.4 Å². The van der Waals surface area contributed by atoms with Crippen LogP contribution in [0.5, 0.6) is 0 Å². The first-order chi connectivity index (χ1) is 14.9. The molecule has 0 fully saturated rings. The molecule has 2 amide bonds. The molecule has 1 heterocycles. The fourth-order valence-corrected chi connectivity index (χ4v) is 3.88. The van der Waals surface area contributed by atoms with Gasteiger partial charge in [0.25, 0.3) is 0 Å². The first kappa shape index (κ1) is 22.6. The molecule has 0 bridgehead atoms. The monoisotopic (exact) mass is 440 g/mol. The molecule has 1 N–H and O–H groups in total. The van der Waals surface area contributed by atoms with Crippen molar-refractivity contribution in [1.82, 2.24) is 10.2 Å². The molecule has 0 aromatic heterocycles. The number of ether oxygens (including phenoxy) is 1. The highest BCUT2D eigenvalue weighted by molar-refractivity contribution is 6.30. The van der Waals surface area contributed by atoms with Crippen LogP contribution in [0.2, 0.25) is 5.02 Å². The highest BCUT2D eigenvalue weighted by Crippen LogP contribution is 2.37. The number of nitrogens with zero attached hydrogens (tertiary/aromatic N) is 1. The summed E-state index contributed by atoms with van der Waals surface area (Å²) in [5.41, 5.74) is 2.52. The van der Waals surface area contributed by atoms with Crippen LogP contribution in [0.15, 0.2) is 65.9 Å². The number of hydrogen-bond donors (Lipinski definition) is 1. The van der Waals surface area contributed by atoms with Crippen LogP contribution in [-0.2, 0) is 25.7 Å². The Kier molecular flexibility index (Phi) is 7.47. The third-order valence-corrected chi connectivity index (χ3v) is 5.44. The second-order valence-electron chi connectivity index (χ2n) is 7.27. The molecular formula is C24H25ClN2O4. The van der Waals surface area contributed by atoms with Gasteiger partial charge in [0.1, 0.15) is 6.54 Å². The van der Waals surface area contributed by atoms with Crippen molar-refractivity contribution in [2.75, 3.05) is 13.2 Å². The summed E-state index contributed by atoms with van der Waals surface area (Å²) in [7, 11) is 0. The van der Waals surface area contributed by atoms with Gasteiger partial charge in [0.15, 0.2) is 0 Å². The number of halogens is 1. The van der Waals surface area contributed by atoms with E-state index in [1.54, 1.807) is 32.0 Å². The van der Waals surface area contributed by atoms with Crippen LogP contribution in [0, 0.1) is 0 Å². The number of nitrogens with one attached hydrogen (secondary N) is 1. The minimum absolute atomic E-state index is 0.0534. The van der Waals surface area contributed by atoms with Gasteiger partial charge in [0.2, 0.25) is 11.8 Å². The normalized spacial score (nSPS) is 16.3. The zero-order valence-corrected chi connectivity index (χ0v) is 18.3. The van der Waals surface area contributed by atoms with Crippen LogP contribution in [0.1, 0.15) is 37.3 Å². The molecule has 2 aromatic carbocycles. The molecule has 162 valence electrons. The van der Waals surface area contributed by atoms with Crippen molar-refractivity contribution in [3.63, 3.8) is 0 Å². The van der Waals surface area contributed by atoms with Gasteiger partial charge in [-0.05, 0) is 37.1 Å². The molecular weight excluding hydrogens is 416 g/mol. The standard InChI is InChI=1S/C24H25ClN2O4/c1-3-31-24(30)23-16(2)27(15-21(28)26-14-17-8-5-4-6-9-17)22(29)13-20(23)18-10-7-11-19(25)12-18/h4-12,20H,3,13-15H2,1-2H3,(H,26,28). The third-order valence-electron chi connectivity index (χ3n) is 5.20. The lowest BCUT2D eigenvalue weighted by Gasteiger charge is -2.34. The van der Waals surface area contributed by atoms with E-state index in [1.165, 1.54) is 4.90 Å². The molecule has 0 aliphatic carbocycles. The molecule has 6 nitrogen and oxygen atoms in total. The smallest absolute Gasteiger partial charge is 0.336 e. The first-order valence-electron chi connectivity index (χ1n) is 10.1. The minimum atomic E-state index is -0.493. The Morgan fingerprint density at radius 1 is 1.16 bits per heavy atom. The van der Waals surface area contributed by atoms with Gasteiger partial charge in [-0.15, -0.1) is 0 Å². The first-order valence-corrected chi connectivity index (χ1v) is 10.5. The predicted molar refractivity (Wildman–Crippen MR) is 118 cm³/mol. The second kappa shape index (κ2) is 10.3. The van der Waals surface area contributed by atoms with Gasteiger partial charge in [0, 0.05) is 29.6 Å². The summed E-state index contributed by atoms with van der Waals surface area (Å²) in [6.07, 6.45) is 0.0534. The van der Waals surface area contributed by atoms with Crippen LogP contribution < -0.4 is 5.32 Å². The number of rotatable bonds is 7. The van der Waals surface area contributed by atoms with Gasteiger partial charge in [0.05, 0.1) is 12.2 Å². The Hall–Kier alpha value is -3.12. The summed E-state index contributed by atoms with van der Waals surface area (Å²) in [6, 6.07) is 16.6. The second-order valence-corrected chi connectivity index (χ2v) is 7.71. The molecule has 3 rings (SSSR count). The van der Waals surface area contributed by atoms with Crippen LogP contribution >= 0.6 is 11.6 Å². The molecule has 0 radical (unpaired) electrons. The number of hydrogen-bond acceptors (Lipinski definition) is 4. The van der Waals surface area contributed by atoms with E-state index < -0.39 is 11.9 Å². The maximum atomic E-state index is 12.9. The number of esters is 1. The molecule has 0 saturated heterocycles. The highest BCUT2D eigenvalue weighted by atomic mass is 35.5. The van der Waals surface area contributed by atoms with E-state index in [0.29, 0.717) is 22.8 Å². The molecule has 1 aliphatic rings. The van der Waals surface area contributed by atoms with E-state index in [0.717, 1.165) is 11.1 Å². The average molecular weight is 441 g/mol. The van der Waals surface area contributed by atoms with Crippen LogP contribution in [-0.4, -0.2) is 35.8 Å². The minimum Gasteiger partial charge on any atom is -0.463 e. The summed E-state index contributed by atoms with van der Waals surface area (Å²) < 4.78 is 5.26. The van der Waals surface area contributed by atoms with Crippen molar-refractivity contribution >= 4 is 29.4 Å². The Bertz CT molecular complexity index is 1000. The zero-order chi connectivity index (χ0) is 22.4. The Morgan fingerprint density at radius 2 is 1.90 bits per heavy atom. The van der Waals surface area contributed by atoms with Crippen molar-refractivity contribution in [1.29, 1.82) is 0 Å². The maximum Gasteiger partial charge on any atom is 0.336 e. The van der Waals surface area contributed by atoms with Gasteiger partial charge in [-0.2, -0.15) is 0 Å². The van der Waals surface area contributed by atoms with Gasteiger partial charge in [-0.1, -0.05) is 54.1 Å². The summed E-state index contributed by atoms with van der Waals surface area (Å²) in [4.78, 5) is 39.6. The Labute approximate surface area is 186 Å². The van der Waals surface area contributed by atoms with Gasteiger partial charge >= 0.3 is 5.97 Å². The Morgan fingerprint density at radius 3 is 2.58 bits per heavy atom. The molecule has 7 heteroatoms. The zero-order valence-electron chi connectivity index (χ0n) is 17.6. The SMILES string of the molecule is CCOC(=O)C1=C(C)N(CC(=O)NCc2ccccc2)C(=O)CC1c1cccc(Cl)c1. The molecule has 0 saturated carbocycles. The average Bonchev–Trinajstić information content (AvgIpc) is 2.75. The largest absolute Gasteiger partial charge is 0.463 e. The van der Waals surface area contributed by atoms with Crippen molar-refractivity contribution in [2.24, 2.45) is 0 Å². The quantitative estimate of drug-likeness (QED) is 0.664. The molecule has 0 spiro atoms. The van der Waals surface area contributed by atoms with E-state index in [1.807, 2.05) is 36.4 Å². The van der Waals surface area contributed by atoms with Crippen molar-refractivity contribution < 1.29 is 19.1 Å². The van der Waals surface area contributed by atoms with E-state index in [4.69, 9.17) is 16.3 Å². The Balaban J connectivity index is 1.84. The van der Waals surface area contributed by atoms with E-state index in [2.05, 4.69) is 5.32 Å². The summed E-state index contributed by atoms with van der Waals surface area (Å²) in [6.45, 7) is 3.81. The van der Waals surface area contributed by atoms with Crippen molar-refractivity contribution in [3.8, 4) is 0 Å². The molecule has 31 heavy (non-hydrogen) atoms. The van der Waals surface area contributed by atoms with Crippen molar-refractivity contribution in [3.05, 3.63) is 82.0 Å². The molecule has 1 atom stereocenters. The highest BCUT2D eigenvalue weighted by Gasteiger charge is 2.37. The van der Waals surface area contributed by atoms with Gasteiger partial charge < -0.3 is 15.0 Å². The number of benzene rings is 2. The lowest BCUT2D eigenvalue weighted by molar-refractivity contribution is -0.141. The predicted octanol–water partition coefficient (Wildman–Crippen LogP) is 3.81. The molecule has 1 aliphatic heterocycles. The number of allylic oxidation sites excluding steroid dienone is 1. The fraction of sp³-hybridized carbons (Fsp3) is 0.292. The number of carbonyl (C=O) groups excluding carboxylic acids is 3. The van der Waals surface area contributed by atoms with Gasteiger partial charge in [-0.25, -0.2) is 4.79 Å². The fourth-order valence-electron chi connectivity index (χ4n) is 3.68. The van der Waals surface area contributed by atoms with E-state index >= 15 is 0 Å². The van der Waals surface area contributed by atoms with Crippen LogP contribution in [0.25, 0.3) is 0 Å². The van der Waals surface area contributed by atoms with Crippen molar-refractivity contribution in [2.45, 2.75) is 32.7 Å². The van der Waals surface area contributed by atoms with Crippen LogP contribution in [0.4, 0.5) is 0 Å². The summed E-state index contributed by atoms with van der Waals surface area (Å²) >= 11 is 6.13. The van der Waals surface area contributed by atoms with E-state index in [9.17, 15) is 14.4 Å². The maximum absolute atomic E-state index is 12.9. The van der Waals surface area contributed by atoms with Crippen LogP contribution in [0.3, 0.4) is 0 Å². The summed E-state index contributed by atoms with van der Waals surface area (Å²) in [5.74, 6) is -1.51. The third kappa shape index (κ3) is 5.52. The lowest BCUT2D eigenvalue weighted by Crippen LogP contribution is -2.44. The summed E-state index contributed by atoms with van der Waals surface area (Å²) in [5, 5.41) is 3.34.